The van der Waals surface area contributed by atoms with E-state index in [2.05, 4.69) is 15.8 Å². The zero-order chi connectivity index (χ0) is 18.7. The van der Waals surface area contributed by atoms with Gasteiger partial charge < -0.3 is 15.0 Å². The van der Waals surface area contributed by atoms with Gasteiger partial charge in [-0.3, -0.25) is 10.2 Å². The summed E-state index contributed by atoms with van der Waals surface area (Å²) in [7, 11) is 1.66. The van der Waals surface area contributed by atoms with Crippen LogP contribution in [0, 0.1) is 0 Å². The molecule has 7 heteroatoms. The Morgan fingerprint density at radius 3 is 2.50 bits per heavy atom. The average Bonchev–Trinajstić information content (AvgIpc) is 2.65. The van der Waals surface area contributed by atoms with Crippen molar-refractivity contribution in [1.82, 2.24) is 9.99 Å². The van der Waals surface area contributed by atoms with Gasteiger partial charge in [0.15, 0.2) is 5.11 Å². The van der Waals surface area contributed by atoms with Crippen LogP contribution >= 0.6 is 12.2 Å². The second-order valence-corrected chi connectivity index (χ2v) is 6.14. The van der Waals surface area contributed by atoms with Gasteiger partial charge in [0, 0.05) is 18.1 Å². The fraction of sp³-hybridized carbons (Fsp3) is 0.105. The number of anilines is 1. The highest BCUT2D eigenvalue weighted by Crippen LogP contribution is 2.25. The Hall–Kier alpha value is -3.19. The van der Waals surface area contributed by atoms with E-state index in [4.69, 9.17) is 12.2 Å². The molecule has 0 atom stereocenters. The van der Waals surface area contributed by atoms with Crippen molar-refractivity contribution in [1.29, 1.82) is 0 Å². The largest absolute Gasteiger partial charge is 0.506 e. The minimum atomic E-state index is -0.328. The maximum absolute atomic E-state index is 12.6. The number of nitrogens with one attached hydrogen (secondary N) is 2. The summed E-state index contributed by atoms with van der Waals surface area (Å²) in [5.41, 5.74) is 4.33. The topological polar surface area (TPSA) is 78.7 Å². The molecule has 26 heavy (non-hydrogen) atoms. The van der Waals surface area contributed by atoms with E-state index in [-0.39, 0.29) is 22.0 Å². The van der Waals surface area contributed by atoms with Crippen LogP contribution in [0.4, 0.5) is 5.69 Å². The molecule has 2 aromatic carbocycles. The number of nitrogens with zero attached hydrogens (tertiary/aromatic N) is 2. The van der Waals surface area contributed by atoms with Gasteiger partial charge in [0.1, 0.15) is 11.3 Å². The normalized spacial score (nSPS) is 11.4. The molecular formula is C19H18N4O2S. The quantitative estimate of drug-likeness (QED) is 0.377. The van der Waals surface area contributed by atoms with Gasteiger partial charge in [-0.15, -0.1) is 0 Å². The Balaban J connectivity index is 1.90. The summed E-state index contributed by atoms with van der Waals surface area (Å²) < 4.78 is 1.49. The van der Waals surface area contributed by atoms with Gasteiger partial charge in [0.05, 0.1) is 11.2 Å². The van der Waals surface area contributed by atoms with Gasteiger partial charge in [-0.1, -0.05) is 30.3 Å². The molecule has 1 aromatic heterocycles. The van der Waals surface area contributed by atoms with E-state index in [1.165, 1.54) is 4.57 Å². The number of hydrazone groups is 1. The van der Waals surface area contributed by atoms with Crippen molar-refractivity contribution in [3.63, 3.8) is 0 Å². The smallest absolute Gasteiger partial charge is 0.263 e. The second kappa shape index (κ2) is 7.37. The van der Waals surface area contributed by atoms with Crippen LogP contribution in [0.25, 0.3) is 10.9 Å². The molecule has 3 N–H and O–H groups in total. The molecule has 0 unspecified atom stereocenters. The molecule has 0 aliphatic rings. The number of para-hydroxylation sites is 2. The molecule has 0 spiro atoms. The summed E-state index contributed by atoms with van der Waals surface area (Å²) in [4.78, 5) is 12.6. The lowest BCUT2D eigenvalue weighted by Crippen LogP contribution is -2.28. The van der Waals surface area contributed by atoms with Crippen LogP contribution in [-0.4, -0.2) is 20.5 Å². The zero-order valence-corrected chi connectivity index (χ0v) is 15.2. The lowest BCUT2D eigenvalue weighted by atomic mass is 10.1. The van der Waals surface area contributed by atoms with E-state index in [0.29, 0.717) is 16.6 Å². The third kappa shape index (κ3) is 3.43. The van der Waals surface area contributed by atoms with E-state index in [0.717, 1.165) is 5.69 Å². The third-order valence-electron chi connectivity index (χ3n) is 3.99. The molecule has 0 aliphatic carbocycles. The van der Waals surface area contributed by atoms with E-state index in [1.807, 2.05) is 36.4 Å². The van der Waals surface area contributed by atoms with Crippen LogP contribution in [-0.2, 0) is 7.05 Å². The lowest BCUT2D eigenvalue weighted by molar-refractivity contribution is 0.478. The molecule has 0 bridgehead atoms. The van der Waals surface area contributed by atoms with Gasteiger partial charge in [0.25, 0.3) is 5.56 Å². The molecule has 1 heterocycles. The Bertz CT molecular complexity index is 1060. The Kier molecular flexibility index (Phi) is 4.99. The molecule has 0 saturated carbocycles. The molecule has 0 saturated heterocycles. The molecule has 0 amide bonds. The van der Waals surface area contributed by atoms with E-state index < -0.39 is 0 Å². The first-order valence-corrected chi connectivity index (χ1v) is 8.37. The van der Waals surface area contributed by atoms with Crippen LogP contribution in [0.3, 0.4) is 0 Å². The van der Waals surface area contributed by atoms with E-state index in [1.54, 1.807) is 32.2 Å². The third-order valence-corrected chi connectivity index (χ3v) is 4.19. The summed E-state index contributed by atoms with van der Waals surface area (Å²) in [6.45, 7) is 1.64. The number of pyridine rings is 1. The first-order valence-electron chi connectivity index (χ1n) is 7.96. The number of aromatic hydroxyl groups is 1. The number of benzene rings is 2. The van der Waals surface area contributed by atoms with Crippen molar-refractivity contribution >= 4 is 39.6 Å². The van der Waals surface area contributed by atoms with Crippen LogP contribution in [0.15, 0.2) is 64.5 Å². The maximum atomic E-state index is 12.6. The fourth-order valence-corrected chi connectivity index (χ4v) is 2.84. The molecule has 3 aromatic rings. The minimum absolute atomic E-state index is 0.0892. The predicted molar refractivity (Wildman–Crippen MR) is 109 cm³/mol. The molecule has 0 fully saturated rings. The van der Waals surface area contributed by atoms with Gasteiger partial charge >= 0.3 is 0 Å². The van der Waals surface area contributed by atoms with Gasteiger partial charge in [-0.05, 0) is 43.4 Å². The van der Waals surface area contributed by atoms with Crippen molar-refractivity contribution in [2.75, 3.05) is 5.32 Å². The summed E-state index contributed by atoms with van der Waals surface area (Å²) in [5, 5.41) is 18.6. The molecule has 3 rings (SSSR count). The monoisotopic (exact) mass is 366 g/mol. The molecule has 6 nitrogen and oxygen atoms in total. The first kappa shape index (κ1) is 17.6. The SMILES string of the molecule is CC(=NNC(=S)Nc1ccccc1)c1c(O)c2ccccc2n(C)c1=O. The van der Waals surface area contributed by atoms with Crippen LogP contribution in [0.2, 0.25) is 0 Å². The maximum Gasteiger partial charge on any atom is 0.263 e. The van der Waals surface area contributed by atoms with Crippen LogP contribution in [0.5, 0.6) is 5.75 Å². The Labute approximate surface area is 155 Å². The number of fused-ring (bicyclic) bond motifs is 1. The Morgan fingerprint density at radius 2 is 1.77 bits per heavy atom. The standard InChI is InChI=1S/C19H18N4O2S/c1-12(21-22-19(26)20-13-8-4-3-5-9-13)16-17(24)14-10-6-7-11-15(14)23(2)18(16)25/h3-11,24H,1-2H3,(H2,20,22,26). The summed E-state index contributed by atoms with van der Waals surface area (Å²) in [5.74, 6) is -0.0892. The summed E-state index contributed by atoms with van der Waals surface area (Å²) in [6, 6.07) is 16.6. The Morgan fingerprint density at radius 1 is 1.12 bits per heavy atom. The van der Waals surface area contributed by atoms with Gasteiger partial charge in [0.2, 0.25) is 0 Å². The lowest BCUT2D eigenvalue weighted by Gasteiger charge is -2.12. The molecular weight excluding hydrogens is 348 g/mol. The van der Waals surface area contributed by atoms with Crippen molar-refractivity contribution in [2.45, 2.75) is 6.92 Å². The fourth-order valence-electron chi connectivity index (χ4n) is 2.68. The highest BCUT2D eigenvalue weighted by molar-refractivity contribution is 7.80. The number of thiocarbonyl (C=S) groups is 1. The van der Waals surface area contributed by atoms with Crippen molar-refractivity contribution in [3.05, 3.63) is 70.5 Å². The second-order valence-electron chi connectivity index (χ2n) is 5.73. The first-order chi connectivity index (χ1) is 12.5. The van der Waals surface area contributed by atoms with Crippen molar-refractivity contribution < 1.29 is 5.11 Å². The predicted octanol–water partition coefficient (Wildman–Crippen LogP) is 2.95. The number of hydrogen-bond acceptors (Lipinski definition) is 4. The van der Waals surface area contributed by atoms with Gasteiger partial charge in [-0.25, -0.2) is 0 Å². The highest BCUT2D eigenvalue weighted by atomic mass is 32.1. The number of rotatable bonds is 3. The average molecular weight is 366 g/mol. The van der Waals surface area contributed by atoms with Gasteiger partial charge in [-0.2, -0.15) is 5.10 Å². The van der Waals surface area contributed by atoms with E-state index >= 15 is 0 Å². The van der Waals surface area contributed by atoms with Crippen LogP contribution < -0.4 is 16.3 Å². The summed E-state index contributed by atoms with van der Waals surface area (Å²) >= 11 is 5.20. The number of aryl methyl sites for hydroxylation is 1. The minimum Gasteiger partial charge on any atom is -0.506 e. The zero-order valence-electron chi connectivity index (χ0n) is 14.4. The number of aromatic nitrogens is 1. The summed E-state index contributed by atoms with van der Waals surface area (Å²) in [6.07, 6.45) is 0. The van der Waals surface area contributed by atoms with Crippen LogP contribution in [0.1, 0.15) is 12.5 Å². The molecule has 132 valence electrons. The van der Waals surface area contributed by atoms with E-state index in [9.17, 15) is 9.90 Å². The highest BCUT2D eigenvalue weighted by Gasteiger charge is 2.16. The van der Waals surface area contributed by atoms with Crippen molar-refractivity contribution in [2.24, 2.45) is 12.1 Å². The molecule has 0 aliphatic heterocycles. The number of hydrogen-bond donors (Lipinski definition) is 3. The van der Waals surface area contributed by atoms with Crippen molar-refractivity contribution in [3.8, 4) is 5.75 Å². The molecule has 0 radical (unpaired) electrons.